The number of methoxy groups -OCH3 is 2. The molecule has 168 valence electrons. The van der Waals surface area contributed by atoms with Crippen LogP contribution in [0.3, 0.4) is 0 Å². The van der Waals surface area contributed by atoms with Crippen LogP contribution in [-0.4, -0.2) is 31.6 Å². The molecule has 1 aliphatic heterocycles. The number of hydrogen-bond donors (Lipinski definition) is 0. The van der Waals surface area contributed by atoms with Crippen LogP contribution in [0.2, 0.25) is 0 Å². The van der Waals surface area contributed by atoms with Gasteiger partial charge in [0.1, 0.15) is 11.5 Å². The Kier molecular flexibility index (Phi) is 5.91. The van der Waals surface area contributed by atoms with Crippen LogP contribution in [0.15, 0.2) is 91.0 Å². The van der Waals surface area contributed by atoms with E-state index < -0.39 is 0 Å². The summed E-state index contributed by atoms with van der Waals surface area (Å²) in [6.45, 7) is 1.37. The standard InChI is InChI=1S/C29H29NO3/c1-32-24-13-8-20(9-14-24)18-30-19-23-12-17-26(21-6-4-3-5-7-21)27(28(23)29(30)31)22-10-15-25(33-2)16-11-22/h3-17,23,26-28H,18-19H2,1-2H3/t23-,26+,27+,28+/m1/s1. The minimum absolute atomic E-state index is 0.0770. The number of fused-ring (bicyclic) bond motifs is 1. The second-order valence-corrected chi connectivity index (χ2v) is 8.88. The average Bonchev–Trinajstić information content (AvgIpc) is 3.19. The highest BCUT2D eigenvalue weighted by Crippen LogP contribution is 2.50. The first-order valence-electron chi connectivity index (χ1n) is 11.5. The van der Waals surface area contributed by atoms with Gasteiger partial charge in [0.25, 0.3) is 0 Å². The van der Waals surface area contributed by atoms with Crippen LogP contribution in [0.5, 0.6) is 11.5 Å². The quantitative estimate of drug-likeness (QED) is 0.482. The molecule has 33 heavy (non-hydrogen) atoms. The van der Waals surface area contributed by atoms with Crippen LogP contribution in [-0.2, 0) is 11.3 Å². The minimum Gasteiger partial charge on any atom is -0.497 e. The van der Waals surface area contributed by atoms with Crippen LogP contribution in [0.4, 0.5) is 0 Å². The van der Waals surface area contributed by atoms with Gasteiger partial charge in [-0.25, -0.2) is 0 Å². The molecule has 4 heteroatoms. The third-order valence-corrected chi connectivity index (χ3v) is 7.05. The predicted molar refractivity (Wildman–Crippen MR) is 129 cm³/mol. The zero-order chi connectivity index (χ0) is 22.8. The molecule has 1 amide bonds. The predicted octanol–water partition coefficient (Wildman–Crippen LogP) is 5.42. The van der Waals surface area contributed by atoms with E-state index in [1.165, 1.54) is 11.1 Å². The van der Waals surface area contributed by atoms with Crippen molar-refractivity contribution in [1.29, 1.82) is 0 Å². The van der Waals surface area contributed by atoms with Gasteiger partial charge in [0.2, 0.25) is 5.91 Å². The smallest absolute Gasteiger partial charge is 0.227 e. The van der Waals surface area contributed by atoms with Gasteiger partial charge in [-0.05, 0) is 41.0 Å². The molecule has 0 N–H and O–H groups in total. The maximum absolute atomic E-state index is 13.8. The Hall–Kier alpha value is -3.53. The van der Waals surface area contributed by atoms with Crippen LogP contribution in [0.1, 0.15) is 28.5 Å². The number of likely N-dealkylation sites (tertiary alicyclic amines) is 1. The second-order valence-electron chi connectivity index (χ2n) is 8.88. The molecular weight excluding hydrogens is 410 g/mol. The molecule has 0 saturated carbocycles. The summed E-state index contributed by atoms with van der Waals surface area (Å²) in [6, 6.07) is 26.7. The van der Waals surface area contributed by atoms with Gasteiger partial charge in [-0.1, -0.05) is 66.7 Å². The molecule has 1 heterocycles. The number of carbonyl (C=O) groups excluding carboxylic acids is 1. The minimum atomic E-state index is -0.0770. The van der Waals surface area contributed by atoms with Gasteiger partial charge in [0, 0.05) is 30.8 Å². The normalized spacial score (nSPS) is 23.9. The number of allylic oxidation sites excluding steroid dienone is 1. The average molecular weight is 440 g/mol. The second kappa shape index (κ2) is 9.14. The van der Waals surface area contributed by atoms with E-state index in [2.05, 4.69) is 48.6 Å². The lowest BCUT2D eigenvalue weighted by molar-refractivity contribution is -0.132. The van der Waals surface area contributed by atoms with Crippen LogP contribution in [0, 0.1) is 11.8 Å². The van der Waals surface area contributed by atoms with Crippen LogP contribution >= 0.6 is 0 Å². The molecule has 4 nitrogen and oxygen atoms in total. The number of nitrogens with zero attached hydrogens (tertiary/aromatic N) is 1. The molecule has 3 aromatic rings. The Labute approximate surface area is 195 Å². The Morgan fingerprint density at radius 3 is 2.03 bits per heavy atom. The highest BCUT2D eigenvalue weighted by Gasteiger charge is 2.48. The number of carbonyl (C=O) groups is 1. The summed E-state index contributed by atoms with van der Waals surface area (Å²) < 4.78 is 10.6. The van der Waals surface area contributed by atoms with Crippen molar-refractivity contribution in [3.63, 3.8) is 0 Å². The van der Waals surface area contributed by atoms with Crippen molar-refractivity contribution in [2.45, 2.75) is 18.4 Å². The van der Waals surface area contributed by atoms with Gasteiger partial charge >= 0.3 is 0 Å². The third-order valence-electron chi connectivity index (χ3n) is 7.05. The molecule has 0 aromatic heterocycles. The van der Waals surface area contributed by atoms with Crippen molar-refractivity contribution < 1.29 is 14.3 Å². The topological polar surface area (TPSA) is 38.8 Å². The fourth-order valence-corrected chi connectivity index (χ4v) is 5.39. The summed E-state index contributed by atoms with van der Waals surface area (Å²) >= 11 is 0. The largest absolute Gasteiger partial charge is 0.497 e. The van der Waals surface area contributed by atoms with E-state index >= 15 is 0 Å². The lowest BCUT2D eigenvalue weighted by Crippen LogP contribution is -2.33. The molecule has 4 atom stereocenters. The SMILES string of the molecule is COc1ccc(CN2C[C@H]3C=C[C@@H](c4ccccc4)[C@H](c4ccc(OC)cc4)[C@H]3C2=O)cc1. The number of amides is 1. The van der Waals surface area contributed by atoms with Gasteiger partial charge in [0.05, 0.1) is 20.1 Å². The Morgan fingerprint density at radius 2 is 1.39 bits per heavy atom. The lowest BCUT2D eigenvalue weighted by atomic mass is 9.66. The molecule has 1 fully saturated rings. The van der Waals surface area contributed by atoms with E-state index in [4.69, 9.17) is 9.47 Å². The summed E-state index contributed by atoms with van der Waals surface area (Å²) in [5.74, 6) is 2.27. The maximum atomic E-state index is 13.8. The van der Waals surface area contributed by atoms with Crippen molar-refractivity contribution >= 4 is 5.91 Å². The summed E-state index contributed by atoms with van der Waals surface area (Å²) in [5.41, 5.74) is 3.55. The number of ether oxygens (including phenoxy) is 2. The molecule has 0 bridgehead atoms. The summed E-state index contributed by atoms with van der Waals surface area (Å²) in [7, 11) is 3.34. The molecule has 1 aliphatic carbocycles. The number of benzene rings is 3. The van der Waals surface area contributed by atoms with E-state index in [1.807, 2.05) is 47.4 Å². The molecule has 0 radical (unpaired) electrons. The van der Waals surface area contributed by atoms with E-state index in [0.717, 1.165) is 23.6 Å². The van der Waals surface area contributed by atoms with Gasteiger partial charge in [-0.3, -0.25) is 4.79 Å². The molecule has 1 saturated heterocycles. The number of rotatable bonds is 6. The Bertz CT molecular complexity index is 1120. The van der Waals surface area contributed by atoms with Crippen LogP contribution in [0.25, 0.3) is 0 Å². The molecule has 0 unspecified atom stereocenters. The van der Waals surface area contributed by atoms with Crippen molar-refractivity contribution in [2.75, 3.05) is 20.8 Å². The van der Waals surface area contributed by atoms with Gasteiger partial charge in [0.15, 0.2) is 0 Å². The van der Waals surface area contributed by atoms with E-state index in [1.54, 1.807) is 14.2 Å². The summed E-state index contributed by atoms with van der Waals surface area (Å²) in [4.78, 5) is 15.8. The molecule has 3 aromatic carbocycles. The molecular formula is C29H29NO3. The number of hydrogen-bond acceptors (Lipinski definition) is 3. The van der Waals surface area contributed by atoms with Gasteiger partial charge < -0.3 is 14.4 Å². The first-order chi connectivity index (χ1) is 16.2. The summed E-state index contributed by atoms with van der Waals surface area (Å²) in [5, 5.41) is 0. The van der Waals surface area contributed by atoms with E-state index in [-0.39, 0.29) is 29.6 Å². The van der Waals surface area contributed by atoms with E-state index in [9.17, 15) is 4.79 Å². The van der Waals surface area contributed by atoms with Crippen molar-refractivity contribution in [3.05, 3.63) is 108 Å². The molecule has 5 rings (SSSR count). The lowest BCUT2D eigenvalue weighted by Gasteiger charge is -2.35. The van der Waals surface area contributed by atoms with Gasteiger partial charge in [-0.15, -0.1) is 0 Å². The molecule has 2 aliphatic rings. The Morgan fingerprint density at radius 1 is 0.758 bits per heavy atom. The van der Waals surface area contributed by atoms with Gasteiger partial charge in [-0.2, -0.15) is 0 Å². The Balaban J connectivity index is 1.47. The van der Waals surface area contributed by atoms with Crippen molar-refractivity contribution in [2.24, 2.45) is 11.8 Å². The highest BCUT2D eigenvalue weighted by atomic mass is 16.5. The van der Waals surface area contributed by atoms with Crippen molar-refractivity contribution in [1.82, 2.24) is 4.90 Å². The zero-order valence-electron chi connectivity index (χ0n) is 19.1. The fraction of sp³-hybridized carbons (Fsp3) is 0.276. The zero-order valence-corrected chi connectivity index (χ0v) is 19.1. The molecule has 0 spiro atoms. The highest BCUT2D eigenvalue weighted by molar-refractivity contribution is 5.83. The first-order valence-corrected chi connectivity index (χ1v) is 11.5. The van der Waals surface area contributed by atoms with E-state index in [0.29, 0.717) is 6.54 Å². The third kappa shape index (κ3) is 4.13. The first kappa shape index (κ1) is 21.3. The maximum Gasteiger partial charge on any atom is 0.227 e. The fourth-order valence-electron chi connectivity index (χ4n) is 5.39. The monoisotopic (exact) mass is 439 g/mol. The van der Waals surface area contributed by atoms with Crippen molar-refractivity contribution in [3.8, 4) is 11.5 Å². The summed E-state index contributed by atoms with van der Waals surface area (Å²) in [6.07, 6.45) is 4.59. The van der Waals surface area contributed by atoms with Crippen LogP contribution < -0.4 is 9.47 Å².